The Kier molecular flexibility index (Phi) is 7.34. The molecule has 1 saturated heterocycles. The first kappa shape index (κ1) is 20.2. The normalized spacial score (nSPS) is 23.2. The van der Waals surface area contributed by atoms with Crippen LogP contribution in [0.2, 0.25) is 0 Å². The van der Waals surface area contributed by atoms with E-state index in [0.717, 1.165) is 0 Å². The average Bonchev–Trinajstić information content (AvgIpc) is 2.77. The van der Waals surface area contributed by atoms with Gasteiger partial charge in [-0.3, -0.25) is 9.59 Å². The van der Waals surface area contributed by atoms with Gasteiger partial charge in [-0.2, -0.15) is 0 Å². The van der Waals surface area contributed by atoms with E-state index in [1.807, 2.05) is 0 Å². The van der Waals surface area contributed by atoms with E-state index in [4.69, 9.17) is 5.11 Å². The van der Waals surface area contributed by atoms with E-state index < -0.39 is 5.97 Å². The molecule has 0 aromatic carbocycles. The second-order valence-electron chi connectivity index (χ2n) is 5.26. The van der Waals surface area contributed by atoms with Crippen molar-refractivity contribution >= 4 is 29.5 Å². The monoisotopic (exact) mass is 348 g/mol. The molecule has 23 heavy (non-hydrogen) atoms. The number of carboxylic acids is 1. The molecule has 2 amide bonds. The molecule has 9 heteroatoms. The van der Waals surface area contributed by atoms with Crippen LogP contribution in [0.25, 0.3) is 0 Å². The summed E-state index contributed by atoms with van der Waals surface area (Å²) in [6, 6.07) is -0.218. The SMILES string of the molecule is CC(=O)NC(C)=CSC1=C(C(=O)[O-])N2C(=O)C(CCO)C2C1.[Na+]. The Morgan fingerprint density at radius 1 is 1.48 bits per heavy atom. The van der Waals surface area contributed by atoms with Crippen molar-refractivity contribution < 1.29 is 54.2 Å². The second kappa shape index (κ2) is 8.34. The number of aliphatic hydroxyl groups excluding tert-OH is 1. The van der Waals surface area contributed by atoms with E-state index in [9.17, 15) is 19.5 Å². The largest absolute Gasteiger partial charge is 1.00 e. The number of aliphatic hydroxyl groups is 1. The Hall–Kier alpha value is -0.800. The van der Waals surface area contributed by atoms with Gasteiger partial charge in [0.1, 0.15) is 0 Å². The Balaban J connectivity index is 0.00000264. The summed E-state index contributed by atoms with van der Waals surface area (Å²) in [6.07, 6.45) is 0.757. The first-order valence-electron chi connectivity index (χ1n) is 6.86. The van der Waals surface area contributed by atoms with Crippen molar-refractivity contribution in [2.75, 3.05) is 6.61 Å². The van der Waals surface area contributed by atoms with Gasteiger partial charge in [0.25, 0.3) is 0 Å². The topological polar surface area (TPSA) is 110 Å². The van der Waals surface area contributed by atoms with E-state index in [0.29, 0.717) is 23.4 Å². The van der Waals surface area contributed by atoms with Crippen LogP contribution in [0.5, 0.6) is 0 Å². The number of hydrogen-bond acceptors (Lipinski definition) is 6. The molecule has 2 aliphatic rings. The van der Waals surface area contributed by atoms with E-state index in [1.165, 1.54) is 23.6 Å². The number of carboxylic acid groups (broad SMARTS) is 1. The van der Waals surface area contributed by atoms with E-state index >= 15 is 0 Å². The van der Waals surface area contributed by atoms with Crippen LogP contribution in [0.3, 0.4) is 0 Å². The Labute approximate surface area is 160 Å². The summed E-state index contributed by atoms with van der Waals surface area (Å²) in [5.74, 6) is -2.21. The van der Waals surface area contributed by atoms with Crippen LogP contribution < -0.4 is 40.0 Å². The molecule has 2 aliphatic heterocycles. The van der Waals surface area contributed by atoms with Gasteiger partial charge in [0.2, 0.25) is 11.8 Å². The van der Waals surface area contributed by atoms with Crippen LogP contribution in [0.1, 0.15) is 26.7 Å². The summed E-state index contributed by atoms with van der Waals surface area (Å²) < 4.78 is 0. The fourth-order valence-electron chi connectivity index (χ4n) is 2.77. The molecule has 0 saturated carbocycles. The number of amides is 2. The maximum atomic E-state index is 12.0. The molecule has 0 aromatic heterocycles. The minimum atomic E-state index is -1.38. The van der Waals surface area contributed by atoms with Crippen molar-refractivity contribution in [3.05, 3.63) is 21.7 Å². The Bertz CT molecular complexity index is 590. The first-order valence-corrected chi connectivity index (χ1v) is 7.74. The summed E-state index contributed by atoms with van der Waals surface area (Å²) in [7, 11) is 0. The molecule has 0 aromatic rings. The minimum Gasteiger partial charge on any atom is -0.543 e. The van der Waals surface area contributed by atoms with Gasteiger partial charge in [0, 0.05) is 30.6 Å². The van der Waals surface area contributed by atoms with Crippen LogP contribution in [0.4, 0.5) is 0 Å². The molecular weight excluding hydrogens is 331 g/mol. The fraction of sp³-hybridized carbons (Fsp3) is 0.500. The molecule has 2 heterocycles. The van der Waals surface area contributed by atoms with Crippen LogP contribution in [-0.4, -0.2) is 40.4 Å². The molecule has 0 spiro atoms. The number of β-lactam (4-membered cyclic amide) rings is 1. The third-order valence-electron chi connectivity index (χ3n) is 3.63. The summed E-state index contributed by atoms with van der Waals surface area (Å²) in [6.45, 7) is 2.97. The number of carbonyl (C=O) groups excluding carboxylic acids is 3. The molecule has 0 aliphatic carbocycles. The number of nitrogens with zero attached hydrogens (tertiary/aromatic N) is 1. The summed E-state index contributed by atoms with van der Waals surface area (Å²) in [5, 5.41) is 24.5. The first-order chi connectivity index (χ1) is 10.4. The zero-order chi connectivity index (χ0) is 16.4. The number of carbonyl (C=O) groups is 3. The Morgan fingerprint density at radius 2 is 2.13 bits per heavy atom. The third kappa shape index (κ3) is 4.19. The van der Waals surface area contributed by atoms with Gasteiger partial charge in [-0.25, -0.2) is 0 Å². The molecule has 0 bridgehead atoms. The average molecular weight is 348 g/mol. The quantitative estimate of drug-likeness (QED) is 0.378. The molecule has 2 N–H and O–H groups in total. The molecule has 0 radical (unpaired) electrons. The van der Waals surface area contributed by atoms with Gasteiger partial charge in [-0.05, 0) is 18.8 Å². The Morgan fingerprint density at radius 3 is 2.65 bits per heavy atom. The minimum absolute atomic E-state index is 0. The molecule has 2 rings (SSSR count). The zero-order valence-electron chi connectivity index (χ0n) is 13.3. The van der Waals surface area contributed by atoms with Gasteiger partial charge < -0.3 is 25.2 Å². The van der Waals surface area contributed by atoms with Crippen molar-refractivity contribution in [2.24, 2.45) is 5.92 Å². The predicted molar refractivity (Wildman–Crippen MR) is 77.6 cm³/mol. The number of fused-ring (bicyclic) bond motifs is 1. The zero-order valence-corrected chi connectivity index (χ0v) is 16.1. The molecule has 1 fully saturated rings. The van der Waals surface area contributed by atoms with Crippen molar-refractivity contribution in [3.63, 3.8) is 0 Å². The van der Waals surface area contributed by atoms with Crippen LogP contribution in [0.15, 0.2) is 21.7 Å². The number of hydrogen-bond donors (Lipinski definition) is 2. The second-order valence-corrected chi connectivity index (χ2v) is 6.22. The smallest absolute Gasteiger partial charge is 0.543 e. The van der Waals surface area contributed by atoms with Gasteiger partial charge in [0.15, 0.2) is 0 Å². The molecule has 2 atom stereocenters. The standard InChI is InChI=1S/C14H18N2O5S.Na/c1-7(15-8(2)18)6-22-11-5-10-9(3-4-17)13(19)16(10)12(11)14(20)21;/h6,9-10,17H,3-5H2,1-2H3,(H,15,18)(H,20,21);/q;+1/p-1. The molecule has 2 unspecified atom stereocenters. The van der Waals surface area contributed by atoms with Gasteiger partial charge in [-0.1, -0.05) is 11.8 Å². The summed E-state index contributed by atoms with van der Waals surface area (Å²) >= 11 is 1.17. The van der Waals surface area contributed by atoms with Crippen LogP contribution in [0, 0.1) is 5.92 Å². The van der Waals surface area contributed by atoms with Crippen molar-refractivity contribution in [2.45, 2.75) is 32.7 Å². The van der Waals surface area contributed by atoms with E-state index in [-0.39, 0.29) is 65.6 Å². The van der Waals surface area contributed by atoms with Crippen LogP contribution in [-0.2, 0) is 14.4 Å². The van der Waals surface area contributed by atoms with Gasteiger partial charge >= 0.3 is 29.6 Å². The number of thioether (sulfide) groups is 1. The number of allylic oxidation sites excluding steroid dienone is 1. The number of aliphatic carboxylic acids is 1. The van der Waals surface area contributed by atoms with Crippen LogP contribution >= 0.6 is 11.8 Å². The predicted octanol–water partition coefficient (Wildman–Crippen LogP) is -3.70. The third-order valence-corrected chi connectivity index (χ3v) is 4.75. The molecule has 7 nitrogen and oxygen atoms in total. The maximum absolute atomic E-state index is 12.0. The van der Waals surface area contributed by atoms with E-state index in [2.05, 4.69) is 5.32 Å². The molecular formula is C14H17N2NaO5S. The van der Waals surface area contributed by atoms with Crippen molar-refractivity contribution in [1.82, 2.24) is 10.2 Å². The number of rotatable bonds is 6. The fourth-order valence-corrected chi connectivity index (χ4v) is 3.71. The molecule has 120 valence electrons. The maximum Gasteiger partial charge on any atom is 1.00 e. The van der Waals surface area contributed by atoms with Gasteiger partial charge in [-0.15, -0.1) is 0 Å². The number of nitrogens with one attached hydrogen (secondary N) is 1. The van der Waals surface area contributed by atoms with Crippen molar-refractivity contribution in [3.8, 4) is 0 Å². The van der Waals surface area contributed by atoms with E-state index in [1.54, 1.807) is 12.3 Å². The van der Waals surface area contributed by atoms with Gasteiger partial charge in [0.05, 0.1) is 23.6 Å². The summed E-state index contributed by atoms with van der Waals surface area (Å²) in [5.41, 5.74) is 0.497. The summed E-state index contributed by atoms with van der Waals surface area (Å²) in [4.78, 5) is 36.0. The van der Waals surface area contributed by atoms with Crippen molar-refractivity contribution in [1.29, 1.82) is 0 Å².